The summed E-state index contributed by atoms with van der Waals surface area (Å²) in [6.07, 6.45) is 3.18. The van der Waals surface area contributed by atoms with Crippen molar-refractivity contribution in [2.45, 2.75) is 12.3 Å². The van der Waals surface area contributed by atoms with Crippen molar-refractivity contribution in [3.8, 4) is 0 Å². The molecular weight excluding hydrogens is 246 g/mol. The number of thioether (sulfide) groups is 1. The third kappa shape index (κ3) is 5.10. The van der Waals surface area contributed by atoms with Crippen LogP contribution in [0.25, 0.3) is 0 Å². The molecular formula is C14H21NO2S. The highest BCUT2D eigenvalue weighted by Crippen LogP contribution is 2.17. The highest BCUT2D eigenvalue weighted by Gasteiger charge is 2.21. The number of likely N-dealkylation sites (N-methyl/N-ethyl adjacent to an activating group) is 1. The van der Waals surface area contributed by atoms with E-state index in [1.54, 1.807) is 0 Å². The monoisotopic (exact) mass is 267 g/mol. The predicted octanol–water partition coefficient (Wildman–Crippen LogP) is 2.54. The van der Waals surface area contributed by atoms with Crippen LogP contribution in [0.4, 0.5) is 0 Å². The largest absolute Gasteiger partial charge is 0.481 e. The van der Waals surface area contributed by atoms with Crippen LogP contribution in [0, 0.1) is 0 Å². The fourth-order valence-corrected chi connectivity index (χ4v) is 2.31. The number of rotatable bonds is 8. The van der Waals surface area contributed by atoms with Crippen molar-refractivity contribution in [3.05, 3.63) is 35.9 Å². The summed E-state index contributed by atoms with van der Waals surface area (Å²) >= 11 is 1.82. The molecule has 4 heteroatoms. The van der Waals surface area contributed by atoms with E-state index in [1.165, 1.54) is 0 Å². The summed E-state index contributed by atoms with van der Waals surface area (Å²) in [6, 6.07) is 9.45. The molecule has 0 saturated carbocycles. The molecule has 1 unspecified atom stereocenters. The first-order chi connectivity index (χ1) is 8.65. The van der Waals surface area contributed by atoms with Crippen LogP contribution >= 0.6 is 11.8 Å². The average molecular weight is 267 g/mol. The van der Waals surface area contributed by atoms with Gasteiger partial charge in [0.2, 0.25) is 0 Å². The van der Waals surface area contributed by atoms with E-state index in [0.717, 1.165) is 24.3 Å². The van der Waals surface area contributed by atoms with Gasteiger partial charge in [-0.2, -0.15) is 11.8 Å². The average Bonchev–Trinajstić information content (AvgIpc) is 2.37. The first-order valence-electron chi connectivity index (χ1n) is 6.10. The van der Waals surface area contributed by atoms with E-state index < -0.39 is 11.9 Å². The molecule has 0 heterocycles. The molecule has 100 valence electrons. The Hall–Kier alpha value is -1.00. The molecule has 0 amide bonds. The minimum Gasteiger partial charge on any atom is -0.481 e. The fraction of sp³-hybridized carbons (Fsp3) is 0.500. The van der Waals surface area contributed by atoms with Crippen LogP contribution in [0.3, 0.4) is 0 Å². The van der Waals surface area contributed by atoms with E-state index in [0.29, 0.717) is 6.54 Å². The summed E-state index contributed by atoms with van der Waals surface area (Å²) in [4.78, 5) is 13.4. The molecule has 0 aromatic heterocycles. The lowest BCUT2D eigenvalue weighted by molar-refractivity contribution is -0.139. The molecule has 18 heavy (non-hydrogen) atoms. The number of aliphatic carboxylic acids is 1. The minimum atomic E-state index is -0.752. The van der Waals surface area contributed by atoms with Crippen molar-refractivity contribution in [2.75, 3.05) is 32.1 Å². The molecule has 0 bridgehead atoms. The molecule has 0 aliphatic carbocycles. The quantitative estimate of drug-likeness (QED) is 0.735. The Labute approximate surface area is 113 Å². The third-order valence-corrected chi connectivity index (χ3v) is 3.58. The number of carboxylic acids is 1. The van der Waals surface area contributed by atoms with Gasteiger partial charge in [0, 0.05) is 6.54 Å². The van der Waals surface area contributed by atoms with Crippen molar-refractivity contribution in [2.24, 2.45) is 0 Å². The Morgan fingerprint density at radius 3 is 2.61 bits per heavy atom. The maximum absolute atomic E-state index is 11.3. The molecule has 1 rings (SSSR count). The highest BCUT2D eigenvalue weighted by atomic mass is 32.2. The predicted molar refractivity (Wildman–Crippen MR) is 77.3 cm³/mol. The van der Waals surface area contributed by atoms with Crippen LogP contribution in [0.15, 0.2) is 30.3 Å². The van der Waals surface area contributed by atoms with E-state index in [9.17, 15) is 9.90 Å². The lowest BCUT2D eigenvalue weighted by Gasteiger charge is -2.21. The Morgan fingerprint density at radius 1 is 1.39 bits per heavy atom. The van der Waals surface area contributed by atoms with Crippen molar-refractivity contribution in [3.63, 3.8) is 0 Å². The van der Waals surface area contributed by atoms with E-state index in [1.807, 2.05) is 49.1 Å². The number of carboxylic acid groups (broad SMARTS) is 1. The van der Waals surface area contributed by atoms with Crippen LogP contribution in [0.1, 0.15) is 17.9 Å². The van der Waals surface area contributed by atoms with Gasteiger partial charge in [-0.3, -0.25) is 4.79 Å². The summed E-state index contributed by atoms with van der Waals surface area (Å²) in [5.74, 6) is -0.0728. The summed E-state index contributed by atoms with van der Waals surface area (Å²) in [5, 5.41) is 9.32. The fourth-order valence-electron chi connectivity index (χ4n) is 1.89. The zero-order valence-corrected chi connectivity index (χ0v) is 11.8. The summed E-state index contributed by atoms with van der Waals surface area (Å²) in [5.41, 5.74) is 0.877. The smallest absolute Gasteiger partial charge is 0.312 e. The summed E-state index contributed by atoms with van der Waals surface area (Å²) in [7, 11) is 1.99. The molecule has 0 saturated heterocycles. The van der Waals surface area contributed by atoms with Crippen LogP contribution in [0.5, 0.6) is 0 Å². The SMILES string of the molecule is CSCCCN(C)CC(C(=O)O)c1ccccc1. The van der Waals surface area contributed by atoms with Gasteiger partial charge in [-0.1, -0.05) is 30.3 Å². The van der Waals surface area contributed by atoms with Crippen molar-refractivity contribution < 1.29 is 9.90 Å². The Balaban J connectivity index is 2.56. The van der Waals surface area contributed by atoms with Crippen molar-refractivity contribution in [1.82, 2.24) is 4.90 Å². The van der Waals surface area contributed by atoms with Gasteiger partial charge in [0.15, 0.2) is 0 Å². The summed E-state index contributed by atoms with van der Waals surface area (Å²) in [6.45, 7) is 1.51. The van der Waals surface area contributed by atoms with E-state index in [2.05, 4.69) is 11.2 Å². The maximum atomic E-state index is 11.3. The molecule has 0 radical (unpaired) electrons. The van der Waals surface area contributed by atoms with Gasteiger partial charge < -0.3 is 10.0 Å². The standard InChI is InChI=1S/C14H21NO2S/c1-15(9-6-10-18-2)11-13(14(16)17)12-7-4-3-5-8-12/h3-5,7-8,13H,6,9-11H2,1-2H3,(H,16,17). The first-order valence-corrected chi connectivity index (χ1v) is 7.49. The minimum absolute atomic E-state index is 0.439. The molecule has 3 nitrogen and oxygen atoms in total. The number of carbonyl (C=O) groups is 1. The zero-order chi connectivity index (χ0) is 13.4. The van der Waals surface area contributed by atoms with Gasteiger partial charge in [-0.15, -0.1) is 0 Å². The maximum Gasteiger partial charge on any atom is 0.312 e. The Bertz CT molecular complexity index is 356. The Morgan fingerprint density at radius 2 is 2.06 bits per heavy atom. The molecule has 0 aliphatic rings. The number of nitrogens with zero attached hydrogens (tertiary/aromatic N) is 1. The Kier molecular flexibility index (Phi) is 6.83. The zero-order valence-electron chi connectivity index (χ0n) is 11.0. The second-order valence-electron chi connectivity index (χ2n) is 4.41. The summed E-state index contributed by atoms with van der Waals surface area (Å²) < 4.78 is 0. The van der Waals surface area contributed by atoms with Crippen LogP contribution < -0.4 is 0 Å². The molecule has 0 aliphatic heterocycles. The van der Waals surface area contributed by atoms with E-state index in [-0.39, 0.29) is 0 Å². The molecule has 0 spiro atoms. The van der Waals surface area contributed by atoms with Crippen molar-refractivity contribution in [1.29, 1.82) is 0 Å². The normalized spacial score (nSPS) is 12.6. The lowest BCUT2D eigenvalue weighted by Crippen LogP contribution is -2.30. The molecule has 1 aromatic rings. The second-order valence-corrected chi connectivity index (χ2v) is 5.40. The molecule has 1 atom stereocenters. The van der Waals surface area contributed by atoms with Gasteiger partial charge in [0.05, 0.1) is 5.92 Å². The van der Waals surface area contributed by atoms with Gasteiger partial charge >= 0.3 is 5.97 Å². The molecule has 1 aromatic carbocycles. The molecule has 0 fully saturated rings. The van der Waals surface area contributed by atoms with E-state index >= 15 is 0 Å². The van der Waals surface area contributed by atoms with E-state index in [4.69, 9.17) is 0 Å². The van der Waals surface area contributed by atoms with Gasteiger partial charge in [0.1, 0.15) is 0 Å². The first kappa shape index (κ1) is 15.1. The lowest BCUT2D eigenvalue weighted by atomic mass is 9.99. The third-order valence-electron chi connectivity index (χ3n) is 2.88. The second kappa shape index (κ2) is 8.16. The van der Waals surface area contributed by atoms with Gasteiger partial charge in [-0.25, -0.2) is 0 Å². The number of benzene rings is 1. The highest BCUT2D eigenvalue weighted by molar-refractivity contribution is 7.98. The van der Waals surface area contributed by atoms with Gasteiger partial charge in [0.25, 0.3) is 0 Å². The van der Waals surface area contributed by atoms with Crippen LogP contribution in [-0.4, -0.2) is 48.1 Å². The van der Waals surface area contributed by atoms with Crippen molar-refractivity contribution >= 4 is 17.7 Å². The van der Waals surface area contributed by atoms with Crippen LogP contribution in [0.2, 0.25) is 0 Å². The van der Waals surface area contributed by atoms with Gasteiger partial charge in [-0.05, 0) is 37.6 Å². The molecule has 1 N–H and O–H groups in total. The number of hydrogen-bond donors (Lipinski definition) is 1. The number of hydrogen-bond acceptors (Lipinski definition) is 3. The van der Waals surface area contributed by atoms with Crippen LogP contribution in [-0.2, 0) is 4.79 Å². The topological polar surface area (TPSA) is 40.5 Å².